The molecule has 1 heterocycles. The molecule has 0 bridgehead atoms. The Hall–Kier alpha value is -2.06. The number of hydrogen-bond donors (Lipinski definition) is 0. The van der Waals surface area contributed by atoms with Crippen LogP contribution in [0.25, 0.3) is 0 Å². The Labute approximate surface area is 125 Å². The maximum absolute atomic E-state index is 11.6. The van der Waals surface area contributed by atoms with Gasteiger partial charge in [-0.2, -0.15) is 5.26 Å². The zero-order valence-electron chi connectivity index (χ0n) is 12.8. The SMILES string of the molecule is COC(=O)c1ccc(N2CCN(C(C)C)CC2)cc1C#N. The van der Waals surface area contributed by atoms with E-state index in [0.717, 1.165) is 31.9 Å². The number of methoxy groups -OCH3 is 1. The Kier molecular flexibility index (Phi) is 4.81. The summed E-state index contributed by atoms with van der Waals surface area (Å²) in [6.07, 6.45) is 0. The number of piperazine rings is 1. The third-order valence-electron chi connectivity index (χ3n) is 3.94. The summed E-state index contributed by atoms with van der Waals surface area (Å²) in [7, 11) is 1.32. The minimum atomic E-state index is -0.470. The van der Waals surface area contributed by atoms with Crippen molar-refractivity contribution in [2.75, 3.05) is 38.2 Å². The Morgan fingerprint density at radius 1 is 1.29 bits per heavy atom. The van der Waals surface area contributed by atoms with Crippen molar-refractivity contribution in [3.05, 3.63) is 29.3 Å². The summed E-state index contributed by atoms with van der Waals surface area (Å²) in [4.78, 5) is 16.3. The first kappa shape index (κ1) is 15.3. The average molecular weight is 287 g/mol. The van der Waals surface area contributed by atoms with Gasteiger partial charge in [-0.05, 0) is 32.0 Å². The van der Waals surface area contributed by atoms with Gasteiger partial charge in [-0.3, -0.25) is 4.90 Å². The van der Waals surface area contributed by atoms with E-state index < -0.39 is 5.97 Å². The van der Waals surface area contributed by atoms with E-state index in [1.165, 1.54) is 7.11 Å². The second-order valence-corrected chi connectivity index (χ2v) is 5.45. The molecule has 5 nitrogen and oxygen atoms in total. The summed E-state index contributed by atoms with van der Waals surface area (Å²) in [6, 6.07) is 7.98. The zero-order valence-corrected chi connectivity index (χ0v) is 12.8. The maximum atomic E-state index is 11.6. The Morgan fingerprint density at radius 3 is 2.48 bits per heavy atom. The van der Waals surface area contributed by atoms with E-state index in [0.29, 0.717) is 17.2 Å². The van der Waals surface area contributed by atoms with Crippen molar-refractivity contribution in [3.8, 4) is 6.07 Å². The summed E-state index contributed by atoms with van der Waals surface area (Å²) in [5.41, 5.74) is 1.68. The number of carbonyl (C=O) groups is 1. The van der Waals surface area contributed by atoms with Gasteiger partial charge in [0.1, 0.15) is 6.07 Å². The van der Waals surface area contributed by atoms with Crippen molar-refractivity contribution in [1.82, 2.24) is 4.90 Å². The Bertz CT molecular complexity index is 555. The number of rotatable bonds is 3. The molecule has 0 aromatic heterocycles. The van der Waals surface area contributed by atoms with E-state index in [4.69, 9.17) is 4.74 Å². The Balaban J connectivity index is 2.16. The predicted octanol–water partition coefficient (Wildman–Crippen LogP) is 1.88. The van der Waals surface area contributed by atoms with Gasteiger partial charge in [0.15, 0.2) is 0 Å². The first-order valence-corrected chi connectivity index (χ1v) is 7.18. The molecule has 0 saturated carbocycles. The van der Waals surface area contributed by atoms with Crippen LogP contribution in [0.3, 0.4) is 0 Å². The molecule has 1 fully saturated rings. The molecule has 1 aromatic carbocycles. The molecule has 0 atom stereocenters. The van der Waals surface area contributed by atoms with E-state index >= 15 is 0 Å². The number of carbonyl (C=O) groups excluding carboxylic acids is 1. The highest BCUT2D eigenvalue weighted by molar-refractivity contribution is 5.92. The molecule has 1 aliphatic rings. The number of nitriles is 1. The summed E-state index contributed by atoms with van der Waals surface area (Å²) < 4.78 is 4.69. The fourth-order valence-corrected chi connectivity index (χ4v) is 2.61. The Morgan fingerprint density at radius 2 is 1.95 bits per heavy atom. The molecule has 1 aromatic rings. The average Bonchev–Trinajstić information content (AvgIpc) is 2.53. The molecule has 0 radical (unpaired) electrons. The fourth-order valence-electron chi connectivity index (χ4n) is 2.61. The minimum absolute atomic E-state index is 0.324. The highest BCUT2D eigenvalue weighted by Crippen LogP contribution is 2.21. The van der Waals surface area contributed by atoms with Crippen molar-refractivity contribution in [1.29, 1.82) is 5.26 Å². The van der Waals surface area contributed by atoms with Crippen molar-refractivity contribution in [2.45, 2.75) is 19.9 Å². The van der Waals surface area contributed by atoms with Gasteiger partial charge >= 0.3 is 5.97 Å². The van der Waals surface area contributed by atoms with E-state index in [1.54, 1.807) is 12.1 Å². The molecule has 0 unspecified atom stereocenters. The first-order chi connectivity index (χ1) is 10.1. The zero-order chi connectivity index (χ0) is 15.4. The van der Waals surface area contributed by atoms with Crippen LogP contribution in [0.4, 0.5) is 5.69 Å². The molecular weight excluding hydrogens is 266 g/mol. The molecule has 1 saturated heterocycles. The molecule has 2 rings (SSSR count). The molecular formula is C16H21N3O2. The molecule has 0 aliphatic carbocycles. The number of ether oxygens (including phenoxy) is 1. The molecule has 5 heteroatoms. The van der Waals surface area contributed by atoms with Gasteiger partial charge in [-0.15, -0.1) is 0 Å². The van der Waals surface area contributed by atoms with Crippen LogP contribution < -0.4 is 4.90 Å². The third-order valence-corrected chi connectivity index (χ3v) is 3.94. The van der Waals surface area contributed by atoms with Crippen LogP contribution in [0.1, 0.15) is 29.8 Å². The number of hydrogen-bond acceptors (Lipinski definition) is 5. The van der Waals surface area contributed by atoms with Gasteiger partial charge in [-0.1, -0.05) is 0 Å². The first-order valence-electron chi connectivity index (χ1n) is 7.18. The molecule has 21 heavy (non-hydrogen) atoms. The van der Waals surface area contributed by atoms with Crippen LogP contribution in [-0.2, 0) is 4.74 Å². The lowest BCUT2D eigenvalue weighted by molar-refractivity contribution is 0.0600. The van der Waals surface area contributed by atoms with E-state index in [-0.39, 0.29) is 0 Å². The van der Waals surface area contributed by atoms with Gasteiger partial charge in [0.25, 0.3) is 0 Å². The highest BCUT2D eigenvalue weighted by Gasteiger charge is 2.20. The topological polar surface area (TPSA) is 56.6 Å². The summed E-state index contributed by atoms with van der Waals surface area (Å²) in [5, 5.41) is 9.22. The van der Waals surface area contributed by atoms with Crippen LogP contribution >= 0.6 is 0 Å². The molecule has 0 spiro atoms. The smallest absolute Gasteiger partial charge is 0.339 e. The van der Waals surface area contributed by atoms with Gasteiger partial charge in [0.05, 0.1) is 18.2 Å². The third kappa shape index (κ3) is 3.34. The van der Waals surface area contributed by atoms with E-state index in [1.807, 2.05) is 6.07 Å². The summed E-state index contributed by atoms with van der Waals surface area (Å²) in [5.74, 6) is -0.470. The highest BCUT2D eigenvalue weighted by atomic mass is 16.5. The minimum Gasteiger partial charge on any atom is -0.465 e. The normalized spacial score (nSPS) is 15.9. The van der Waals surface area contributed by atoms with Crippen LogP contribution in [-0.4, -0.2) is 50.2 Å². The lowest BCUT2D eigenvalue weighted by atomic mass is 10.1. The van der Waals surface area contributed by atoms with E-state index in [2.05, 4.69) is 29.7 Å². The van der Waals surface area contributed by atoms with Crippen LogP contribution in [0.15, 0.2) is 18.2 Å². The monoisotopic (exact) mass is 287 g/mol. The number of esters is 1. The molecule has 1 aliphatic heterocycles. The second-order valence-electron chi connectivity index (χ2n) is 5.45. The number of benzene rings is 1. The quantitative estimate of drug-likeness (QED) is 0.794. The van der Waals surface area contributed by atoms with Crippen LogP contribution in [0.5, 0.6) is 0 Å². The van der Waals surface area contributed by atoms with Gasteiger partial charge in [-0.25, -0.2) is 4.79 Å². The predicted molar refractivity (Wildman–Crippen MR) is 81.4 cm³/mol. The van der Waals surface area contributed by atoms with Gasteiger partial charge < -0.3 is 9.64 Å². The van der Waals surface area contributed by atoms with Crippen LogP contribution in [0.2, 0.25) is 0 Å². The fraction of sp³-hybridized carbons (Fsp3) is 0.500. The van der Waals surface area contributed by atoms with Crippen molar-refractivity contribution < 1.29 is 9.53 Å². The lowest BCUT2D eigenvalue weighted by Crippen LogP contribution is -2.48. The second kappa shape index (κ2) is 6.59. The van der Waals surface area contributed by atoms with Crippen molar-refractivity contribution in [3.63, 3.8) is 0 Å². The summed E-state index contributed by atoms with van der Waals surface area (Å²) >= 11 is 0. The number of nitrogens with zero attached hydrogens (tertiary/aromatic N) is 3. The van der Waals surface area contributed by atoms with Crippen LogP contribution in [0, 0.1) is 11.3 Å². The summed E-state index contributed by atoms with van der Waals surface area (Å²) in [6.45, 7) is 8.29. The van der Waals surface area contributed by atoms with E-state index in [9.17, 15) is 10.1 Å². The molecule has 0 amide bonds. The lowest BCUT2D eigenvalue weighted by Gasteiger charge is -2.38. The maximum Gasteiger partial charge on any atom is 0.339 e. The molecule has 112 valence electrons. The molecule has 0 N–H and O–H groups in total. The van der Waals surface area contributed by atoms with Crippen molar-refractivity contribution in [2.24, 2.45) is 0 Å². The van der Waals surface area contributed by atoms with Gasteiger partial charge in [0, 0.05) is 37.9 Å². The standard InChI is InChI=1S/C16H21N3O2/c1-12(2)18-6-8-19(9-7-18)14-4-5-15(16(20)21-3)13(10-14)11-17/h4-5,10,12H,6-9H2,1-3H3. The van der Waals surface area contributed by atoms with Gasteiger partial charge in [0.2, 0.25) is 0 Å². The largest absolute Gasteiger partial charge is 0.465 e. The number of anilines is 1. The van der Waals surface area contributed by atoms with Crippen molar-refractivity contribution >= 4 is 11.7 Å².